The number of phosphoric ester groups is 1. The van der Waals surface area contributed by atoms with Crippen molar-refractivity contribution in [3.63, 3.8) is 0 Å². The Balaban J connectivity index is 1.38. The molecule has 2 saturated heterocycles. The van der Waals surface area contributed by atoms with Crippen molar-refractivity contribution in [3.8, 4) is 0 Å². The molecule has 26 heteroatoms. The van der Waals surface area contributed by atoms with Gasteiger partial charge in [0.1, 0.15) is 49.0 Å². The number of aliphatic hydroxyl groups is 6. The van der Waals surface area contributed by atoms with Crippen molar-refractivity contribution >= 4 is 31.5 Å². The number of aliphatic hydroxyl groups excluding tert-OH is 6. The van der Waals surface area contributed by atoms with Crippen LogP contribution in [0.4, 0.5) is 5.82 Å². The lowest BCUT2D eigenvalue weighted by molar-refractivity contribution is -0.289. The Morgan fingerprint density at radius 3 is 2.42 bits per heavy atom. The van der Waals surface area contributed by atoms with E-state index in [1.807, 2.05) is 0 Å². The zero-order valence-electron chi connectivity index (χ0n) is 30.4. The first-order valence-electron chi connectivity index (χ1n) is 17.9. The van der Waals surface area contributed by atoms with Crippen LogP contribution in [0.1, 0.15) is 63.3 Å². The summed E-state index contributed by atoms with van der Waals surface area (Å²) in [5, 5.41) is 91.7. The van der Waals surface area contributed by atoms with Crippen LogP contribution in [0.25, 0.3) is 0 Å². The number of carboxylic acid groups (broad SMARTS) is 2. The van der Waals surface area contributed by atoms with Crippen LogP contribution in [0.15, 0.2) is 23.3 Å². The summed E-state index contributed by atoms with van der Waals surface area (Å²) < 4.78 is 35.7. The maximum atomic E-state index is 13.1. The maximum Gasteiger partial charge on any atom is 0.475 e. The van der Waals surface area contributed by atoms with Gasteiger partial charge in [0.05, 0.1) is 31.1 Å². The lowest BCUT2D eigenvalue weighted by Crippen LogP contribution is -2.68. The van der Waals surface area contributed by atoms with Crippen molar-refractivity contribution in [3.05, 3.63) is 34.6 Å². The number of rotatable bonds is 22. The monoisotopic (exact) mass is 837 g/mol. The number of amides is 1. The van der Waals surface area contributed by atoms with Gasteiger partial charge in [0.15, 0.2) is 6.23 Å². The highest BCUT2D eigenvalue weighted by Crippen LogP contribution is 2.51. The number of anilines is 1. The van der Waals surface area contributed by atoms with E-state index >= 15 is 0 Å². The molecule has 4 rings (SSSR count). The average molecular weight is 838 g/mol. The van der Waals surface area contributed by atoms with Crippen molar-refractivity contribution in [2.75, 3.05) is 18.9 Å². The number of carboxylic acids is 2. The second kappa shape index (κ2) is 20.1. The molecule has 320 valence electrons. The van der Waals surface area contributed by atoms with Crippen molar-refractivity contribution in [2.24, 2.45) is 0 Å². The predicted molar refractivity (Wildman–Crippen MR) is 186 cm³/mol. The topological polar surface area (TPSA) is 391 Å². The molecule has 2 aromatic heterocycles. The van der Waals surface area contributed by atoms with Crippen LogP contribution < -0.4 is 16.7 Å². The lowest BCUT2D eigenvalue weighted by atomic mass is 9.88. The van der Waals surface area contributed by atoms with Crippen LogP contribution in [-0.2, 0) is 50.4 Å². The molecule has 0 bridgehead atoms. The molecule has 0 aromatic carbocycles. The van der Waals surface area contributed by atoms with E-state index in [2.05, 4.69) is 20.6 Å². The van der Waals surface area contributed by atoms with Crippen molar-refractivity contribution in [1.29, 1.82) is 0 Å². The van der Waals surface area contributed by atoms with Crippen LogP contribution in [0.2, 0.25) is 0 Å². The summed E-state index contributed by atoms with van der Waals surface area (Å²) in [4.78, 5) is 62.5. The summed E-state index contributed by atoms with van der Waals surface area (Å²) in [5.74, 6) is -7.27. The zero-order chi connectivity index (χ0) is 42.1. The first-order chi connectivity index (χ1) is 26.9. The van der Waals surface area contributed by atoms with E-state index in [0.29, 0.717) is 18.5 Å². The fourth-order valence-electron chi connectivity index (χ4n) is 6.28. The summed E-state index contributed by atoms with van der Waals surface area (Å²) >= 11 is 0. The van der Waals surface area contributed by atoms with Gasteiger partial charge in [-0.25, -0.2) is 23.4 Å². The minimum atomic E-state index is -5.62. The van der Waals surface area contributed by atoms with Crippen LogP contribution in [0, 0.1) is 0 Å². The number of nitrogens with zero attached hydrogens (tertiary/aromatic N) is 5. The maximum absolute atomic E-state index is 13.1. The Bertz CT molecular complexity index is 1780. The lowest BCUT2D eigenvalue weighted by Gasteiger charge is -2.46. The zero-order valence-corrected chi connectivity index (χ0v) is 31.3. The van der Waals surface area contributed by atoms with Gasteiger partial charge in [-0.1, -0.05) is 30.9 Å². The van der Waals surface area contributed by atoms with Gasteiger partial charge in [-0.2, -0.15) is 4.98 Å². The third kappa shape index (κ3) is 12.3. The highest BCUT2D eigenvalue weighted by atomic mass is 31.2. The molecule has 0 aliphatic carbocycles. The number of aliphatic carboxylic acids is 2. The third-order valence-corrected chi connectivity index (χ3v) is 10.2. The summed E-state index contributed by atoms with van der Waals surface area (Å²) in [6.45, 7) is -2.65. The molecule has 0 radical (unpaired) electrons. The number of carbonyl (C=O) groups excluding carboxylic acids is 1. The molecule has 2 aliphatic rings. The highest BCUT2D eigenvalue weighted by molar-refractivity contribution is 7.47. The van der Waals surface area contributed by atoms with E-state index < -0.39 is 118 Å². The number of ether oxygens (including phenoxy) is 2. The third-order valence-electron chi connectivity index (χ3n) is 9.24. The molecule has 2 aliphatic heterocycles. The molecule has 1 amide bonds. The van der Waals surface area contributed by atoms with E-state index in [-0.39, 0.29) is 12.2 Å². The highest BCUT2D eigenvalue weighted by Gasteiger charge is 2.59. The fraction of sp³-hybridized carbons (Fsp3) is 0.710. The molecule has 25 nitrogen and oxygen atoms in total. The van der Waals surface area contributed by atoms with Crippen LogP contribution >= 0.6 is 7.82 Å². The number of aryl methyl sites for hydroxylation is 1. The number of nitrogens with two attached hydrogens (primary N) is 1. The normalized spacial score (nSPS) is 28.4. The summed E-state index contributed by atoms with van der Waals surface area (Å²) in [6.07, 6.45) is -8.29. The van der Waals surface area contributed by atoms with Gasteiger partial charge in [-0.3, -0.25) is 18.7 Å². The van der Waals surface area contributed by atoms with E-state index in [0.717, 1.165) is 42.9 Å². The fourth-order valence-corrected chi connectivity index (χ4v) is 7.24. The standard InChI is InChI=1S/C31H48N7O18P/c32-20-9-10-38(30(50)33-20)28-26(47)25(46)19(54-28)15-53-57(51,52)56-31(29(48)49)11-17(40)23(27(55-31)24(45)18(41)14-39)34-21(42)13-37-12-16(35-36-37)7-5-3-1-2-4-6-8-22(43)44/h9-10,12,17-19,23-28,39-41,45-47H,1-8,11,13-15H2,(H,34,42)(H,43,44)(H,48,49)(H,51,52)(H2,32,33,50)/t17-,18+,19+,23+,24+,25+,26+,27+,28+,31+/m0/s1. The van der Waals surface area contributed by atoms with Gasteiger partial charge in [0, 0.05) is 25.2 Å². The number of carbonyl (C=O) groups is 3. The van der Waals surface area contributed by atoms with Crippen LogP contribution in [0.5, 0.6) is 0 Å². The number of aromatic nitrogens is 5. The predicted octanol–water partition coefficient (Wildman–Crippen LogP) is -3.64. The Labute approximate surface area is 323 Å². The van der Waals surface area contributed by atoms with E-state index in [1.165, 1.54) is 16.9 Å². The molecular weight excluding hydrogens is 789 g/mol. The minimum Gasteiger partial charge on any atom is -0.481 e. The number of nitrogen functional groups attached to an aromatic ring is 1. The molecular formula is C31H48N7O18P. The molecule has 57 heavy (non-hydrogen) atoms. The van der Waals surface area contributed by atoms with Crippen LogP contribution in [-0.4, -0.2) is 156 Å². The Hall–Kier alpha value is -3.98. The molecule has 4 heterocycles. The molecule has 2 aromatic rings. The number of nitrogens with one attached hydrogen (secondary N) is 1. The summed E-state index contributed by atoms with van der Waals surface area (Å²) in [5.41, 5.74) is 5.05. The van der Waals surface area contributed by atoms with E-state index in [4.69, 9.17) is 29.4 Å². The van der Waals surface area contributed by atoms with Gasteiger partial charge in [0.25, 0.3) is 5.79 Å². The average Bonchev–Trinajstić information content (AvgIpc) is 3.70. The van der Waals surface area contributed by atoms with Gasteiger partial charge in [-0.05, 0) is 25.3 Å². The number of hydrogen-bond donors (Lipinski definition) is 11. The number of phosphoric acid groups is 1. The van der Waals surface area contributed by atoms with Gasteiger partial charge < -0.3 is 66.3 Å². The van der Waals surface area contributed by atoms with Gasteiger partial charge in [-0.15, -0.1) is 5.10 Å². The molecule has 11 atom stereocenters. The first-order valence-corrected chi connectivity index (χ1v) is 19.4. The number of hydrogen-bond acceptors (Lipinski definition) is 19. The van der Waals surface area contributed by atoms with Gasteiger partial charge >= 0.3 is 25.5 Å². The number of unbranched alkanes of at least 4 members (excludes halogenated alkanes) is 5. The summed E-state index contributed by atoms with van der Waals surface area (Å²) in [6, 6.07) is -0.517. The van der Waals surface area contributed by atoms with Gasteiger partial charge in [0.2, 0.25) is 5.91 Å². The first kappa shape index (κ1) is 45.7. The Kier molecular flexibility index (Phi) is 16.1. The Morgan fingerprint density at radius 1 is 1.09 bits per heavy atom. The molecule has 2 fully saturated rings. The minimum absolute atomic E-state index is 0.131. The Morgan fingerprint density at radius 2 is 1.77 bits per heavy atom. The molecule has 12 N–H and O–H groups in total. The van der Waals surface area contributed by atoms with Crippen molar-refractivity contribution in [1.82, 2.24) is 29.9 Å². The smallest absolute Gasteiger partial charge is 0.475 e. The summed E-state index contributed by atoms with van der Waals surface area (Å²) in [7, 11) is -5.62. The van der Waals surface area contributed by atoms with Crippen molar-refractivity contribution in [2.45, 2.75) is 125 Å². The molecule has 1 unspecified atom stereocenters. The quantitative estimate of drug-likeness (QED) is 0.0402. The molecule has 0 spiro atoms. The second-order valence-electron chi connectivity index (χ2n) is 13.6. The SMILES string of the molecule is Nc1ccn([C@@H]2O[C@H](COP(=O)(O)O[C@@]3(C(=O)O)C[C@H](O)[C@@H](NC(=O)Cn4cc(CCCCCCCCC(=O)O)nn4)[C@H]([C@H](O)[C@H](O)CO)O3)[C@@H](O)[C@H]2O)c(=O)n1. The second-order valence-corrected chi connectivity index (χ2v) is 15.0. The molecule has 0 saturated carbocycles. The van der Waals surface area contributed by atoms with E-state index in [1.54, 1.807) is 0 Å². The van der Waals surface area contributed by atoms with Crippen molar-refractivity contribution < 1.29 is 83.2 Å². The van der Waals surface area contributed by atoms with E-state index in [9.17, 15) is 64.4 Å². The van der Waals surface area contributed by atoms with Crippen LogP contribution in [0.3, 0.4) is 0 Å². The largest absolute Gasteiger partial charge is 0.481 e.